The highest BCUT2D eigenvalue weighted by Gasteiger charge is 2.10. The van der Waals surface area contributed by atoms with E-state index in [1.165, 1.54) is 0 Å². The third-order valence-corrected chi connectivity index (χ3v) is 4.27. The minimum Gasteiger partial charge on any atom is -0.355 e. The van der Waals surface area contributed by atoms with Crippen LogP contribution in [0.1, 0.15) is 32.1 Å². The number of nitrogens with one attached hydrogen (secondary N) is 2. The van der Waals surface area contributed by atoms with Gasteiger partial charge in [0.2, 0.25) is 0 Å². The Morgan fingerprint density at radius 3 is 2.08 bits per heavy atom. The molecule has 0 saturated carbocycles. The van der Waals surface area contributed by atoms with Gasteiger partial charge in [0, 0.05) is 40.9 Å². The first kappa shape index (κ1) is 17.5. The number of aromatic nitrogens is 1. The van der Waals surface area contributed by atoms with Gasteiger partial charge >= 0.3 is 0 Å². The van der Waals surface area contributed by atoms with Crippen LogP contribution in [0.25, 0.3) is 5.69 Å². The second kappa shape index (κ2) is 7.27. The predicted molar refractivity (Wildman–Crippen MR) is 103 cm³/mol. The van der Waals surface area contributed by atoms with Gasteiger partial charge in [0.1, 0.15) is 0 Å². The van der Waals surface area contributed by atoms with E-state index < -0.39 is 0 Å². The number of hydrogen-bond donors (Lipinski definition) is 2. The van der Waals surface area contributed by atoms with Gasteiger partial charge in [0.15, 0.2) is 0 Å². The zero-order valence-corrected chi connectivity index (χ0v) is 15.0. The van der Waals surface area contributed by atoms with E-state index >= 15 is 0 Å². The van der Waals surface area contributed by atoms with Gasteiger partial charge in [0.25, 0.3) is 11.8 Å². The van der Waals surface area contributed by atoms with Crippen LogP contribution < -0.4 is 10.6 Å². The third-order valence-electron chi connectivity index (χ3n) is 4.27. The number of rotatable bonds is 4. The summed E-state index contributed by atoms with van der Waals surface area (Å²) in [6, 6.07) is 18.4. The maximum atomic E-state index is 12.5. The largest absolute Gasteiger partial charge is 0.355 e. The molecule has 26 heavy (non-hydrogen) atoms. The van der Waals surface area contributed by atoms with Crippen molar-refractivity contribution in [3.8, 4) is 5.69 Å². The van der Waals surface area contributed by atoms with Gasteiger partial charge in [-0.2, -0.15) is 0 Å². The molecule has 2 N–H and O–H groups in total. The van der Waals surface area contributed by atoms with Gasteiger partial charge in [-0.05, 0) is 68.4 Å². The SMILES string of the molecule is CNC(=O)c1cccc(NC(=O)c2ccc(-n3c(C)ccc3C)cc2)c1. The molecule has 132 valence electrons. The van der Waals surface area contributed by atoms with E-state index in [9.17, 15) is 9.59 Å². The smallest absolute Gasteiger partial charge is 0.255 e. The molecule has 0 aliphatic heterocycles. The Bertz CT molecular complexity index is 936. The molecule has 0 unspecified atom stereocenters. The molecule has 5 heteroatoms. The molecular weight excluding hydrogens is 326 g/mol. The van der Waals surface area contributed by atoms with E-state index in [0.717, 1.165) is 17.1 Å². The van der Waals surface area contributed by atoms with Gasteiger partial charge < -0.3 is 15.2 Å². The van der Waals surface area contributed by atoms with E-state index in [1.54, 1.807) is 43.4 Å². The average molecular weight is 347 g/mol. The molecule has 2 aromatic carbocycles. The first-order valence-electron chi connectivity index (χ1n) is 8.38. The monoisotopic (exact) mass is 347 g/mol. The summed E-state index contributed by atoms with van der Waals surface area (Å²) in [6.07, 6.45) is 0. The molecule has 3 rings (SSSR count). The van der Waals surface area contributed by atoms with Crippen LogP contribution in [0.2, 0.25) is 0 Å². The Labute approximate surface area is 152 Å². The number of anilines is 1. The van der Waals surface area contributed by atoms with Crippen molar-refractivity contribution in [2.45, 2.75) is 13.8 Å². The van der Waals surface area contributed by atoms with Crippen molar-refractivity contribution < 1.29 is 9.59 Å². The lowest BCUT2D eigenvalue weighted by atomic mass is 10.1. The normalized spacial score (nSPS) is 10.4. The Kier molecular flexibility index (Phi) is 4.89. The van der Waals surface area contributed by atoms with Crippen LogP contribution in [-0.4, -0.2) is 23.4 Å². The van der Waals surface area contributed by atoms with Crippen LogP contribution >= 0.6 is 0 Å². The van der Waals surface area contributed by atoms with Crippen LogP contribution in [0.15, 0.2) is 60.7 Å². The van der Waals surface area contributed by atoms with E-state index in [2.05, 4.69) is 27.3 Å². The lowest BCUT2D eigenvalue weighted by molar-refractivity contribution is 0.0961. The minimum absolute atomic E-state index is 0.192. The fraction of sp³-hybridized carbons (Fsp3) is 0.143. The molecule has 0 radical (unpaired) electrons. The first-order valence-corrected chi connectivity index (χ1v) is 8.38. The van der Waals surface area contributed by atoms with Crippen LogP contribution in [0.5, 0.6) is 0 Å². The van der Waals surface area contributed by atoms with Crippen molar-refractivity contribution >= 4 is 17.5 Å². The van der Waals surface area contributed by atoms with Crippen molar-refractivity contribution in [2.75, 3.05) is 12.4 Å². The highest BCUT2D eigenvalue weighted by Crippen LogP contribution is 2.18. The summed E-state index contributed by atoms with van der Waals surface area (Å²) in [6.45, 7) is 4.10. The first-order chi connectivity index (χ1) is 12.5. The lowest BCUT2D eigenvalue weighted by Gasteiger charge is -2.11. The van der Waals surface area contributed by atoms with E-state index in [-0.39, 0.29) is 11.8 Å². The standard InChI is InChI=1S/C21H21N3O2/c1-14-7-8-15(2)24(14)19-11-9-16(10-12-19)21(26)23-18-6-4-5-17(13-18)20(25)22-3/h4-13H,1-3H3,(H,22,25)(H,23,26). The molecule has 0 aliphatic rings. The van der Waals surface area contributed by atoms with Crippen LogP contribution in [-0.2, 0) is 0 Å². The summed E-state index contributed by atoms with van der Waals surface area (Å²) >= 11 is 0. The molecular formula is C21H21N3O2. The number of carbonyl (C=O) groups excluding carboxylic acids is 2. The van der Waals surface area contributed by atoms with Crippen molar-refractivity contribution in [1.82, 2.24) is 9.88 Å². The zero-order chi connectivity index (χ0) is 18.7. The van der Waals surface area contributed by atoms with E-state index in [1.807, 2.05) is 26.0 Å². The maximum absolute atomic E-state index is 12.5. The Morgan fingerprint density at radius 2 is 1.46 bits per heavy atom. The molecule has 1 heterocycles. The van der Waals surface area contributed by atoms with E-state index in [0.29, 0.717) is 16.8 Å². The van der Waals surface area contributed by atoms with Crippen LogP contribution in [0, 0.1) is 13.8 Å². The third kappa shape index (κ3) is 3.52. The summed E-state index contributed by atoms with van der Waals surface area (Å²) < 4.78 is 2.13. The van der Waals surface area contributed by atoms with Gasteiger partial charge in [-0.1, -0.05) is 6.07 Å². The molecule has 3 aromatic rings. The van der Waals surface area contributed by atoms with Gasteiger partial charge in [0.05, 0.1) is 0 Å². The van der Waals surface area contributed by atoms with Gasteiger partial charge in [-0.25, -0.2) is 0 Å². The lowest BCUT2D eigenvalue weighted by Crippen LogP contribution is -2.18. The molecule has 0 aliphatic carbocycles. The molecule has 0 spiro atoms. The second-order valence-electron chi connectivity index (χ2n) is 6.11. The fourth-order valence-electron chi connectivity index (χ4n) is 2.92. The highest BCUT2D eigenvalue weighted by atomic mass is 16.2. The minimum atomic E-state index is -0.216. The molecule has 0 saturated heterocycles. The van der Waals surface area contributed by atoms with Gasteiger partial charge in [-0.15, -0.1) is 0 Å². The predicted octanol–water partition coefficient (Wildman–Crippen LogP) is 3.71. The van der Waals surface area contributed by atoms with Gasteiger partial charge in [-0.3, -0.25) is 9.59 Å². The Hall–Kier alpha value is -3.34. The summed E-state index contributed by atoms with van der Waals surface area (Å²) in [7, 11) is 1.57. The number of nitrogens with zero attached hydrogens (tertiary/aromatic N) is 1. The van der Waals surface area contributed by atoms with Crippen molar-refractivity contribution in [3.05, 3.63) is 83.2 Å². The summed E-state index contributed by atoms with van der Waals surface area (Å²) in [4.78, 5) is 24.2. The topological polar surface area (TPSA) is 63.1 Å². The highest BCUT2D eigenvalue weighted by molar-refractivity contribution is 6.05. The fourth-order valence-corrected chi connectivity index (χ4v) is 2.92. The van der Waals surface area contributed by atoms with Crippen LogP contribution in [0.3, 0.4) is 0 Å². The van der Waals surface area contributed by atoms with Crippen molar-refractivity contribution in [1.29, 1.82) is 0 Å². The van der Waals surface area contributed by atoms with E-state index in [4.69, 9.17) is 0 Å². The van der Waals surface area contributed by atoms with Crippen molar-refractivity contribution in [3.63, 3.8) is 0 Å². The molecule has 2 amide bonds. The number of hydrogen-bond acceptors (Lipinski definition) is 2. The number of amides is 2. The number of benzene rings is 2. The summed E-state index contributed by atoms with van der Waals surface area (Å²) in [5.41, 5.74) is 4.94. The molecule has 0 fully saturated rings. The zero-order valence-electron chi connectivity index (χ0n) is 15.0. The summed E-state index contributed by atoms with van der Waals surface area (Å²) in [5, 5.41) is 5.40. The molecule has 1 aromatic heterocycles. The molecule has 0 atom stereocenters. The second-order valence-corrected chi connectivity index (χ2v) is 6.11. The van der Waals surface area contributed by atoms with Crippen LogP contribution in [0.4, 0.5) is 5.69 Å². The Morgan fingerprint density at radius 1 is 0.808 bits per heavy atom. The molecule has 5 nitrogen and oxygen atoms in total. The average Bonchev–Trinajstić information content (AvgIpc) is 2.99. The van der Waals surface area contributed by atoms with Crippen molar-refractivity contribution in [2.24, 2.45) is 0 Å². The quantitative estimate of drug-likeness (QED) is 0.756. The molecule has 0 bridgehead atoms. The number of aryl methyl sites for hydroxylation is 2. The number of carbonyl (C=O) groups is 2. The summed E-state index contributed by atoms with van der Waals surface area (Å²) in [5.74, 6) is -0.408. The Balaban J connectivity index is 1.78. The maximum Gasteiger partial charge on any atom is 0.255 e.